The Kier molecular flexibility index (Phi) is 6.82. The SMILES string of the molecule is CCCN1C(=O)[C@H]2[C@H](CC=C3[C@H](c4ccc(OCc5ccccc5)cc4O)C4=C(C[C@H]32)C(=O)C(Br)=CC4=O)C1=O. The zero-order valence-electron chi connectivity index (χ0n) is 21.9. The molecule has 0 bridgehead atoms. The number of aromatic hydroxyl groups is 1. The molecule has 6 rings (SSSR count). The number of ketones is 2. The van der Waals surface area contributed by atoms with Gasteiger partial charge < -0.3 is 9.84 Å². The quantitative estimate of drug-likeness (QED) is 0.279. The second-order valence-electron chi connectivity index (χ2n) is 10.7. The van der Waals surface area contributed by atoms with Gasteiger partial charge in [-0.2, -0.15) is 0 Å². The average Bonchev–Trinajstić information content (AvgIpc) is 3.20. The van der Waals surface area contributed by atoms with Crippen LogP contribution in [-0.2, 0) is 25.8 Å². The third kappa shape index (κ3) is 4.25. The first kappa shape index (κ1) is 26.4. The highest BCUT2D eigenvalue weighted by molar-refractivity contribution is 9.12. The standard InChI is InChI=1S/C32H28BrNO6/c1-2-12-34-31(38)21-11-10-19-22(28(21)32(34)39)14-23-29(26(36)15-24(33)30(23)37)27(19)20-9-8-18(13-25(20)35)40-16-17-6-4-3-5-7-17/h3-10,13,15,21-22,27-28,35H,2,11-12,14,16H2,1H3/t21-,22+,27+,28-/m0/s1. The Bertz CT molecular complexity index is 1540. The van der Waals surface area contributed by atoms with Crippen molar-refractivity contribution in [2.75, 3.05) is 6.54 Å². The van der Waals surface area contributed by atoms with E-state index in [1.54, 1.807) is 12.1 Å². The summed E-state index contributed by atoms with van der Waals surface area (Å²) in [6, 6.07) is 14.6. The molecule has 4 aliphatic rings. The van der Waals surface area contributed by atoms with Crippen molar-refractivity contribution in [3.8, 4) is 11.5 Å². The molecule has 7 nitrogen and oxygen atoms in total. The van der Waals surface area contributed by atoms with E-state index in [0.29, 0.717) is 48.5 Å². The Labute approximate surface area is 240 Å². The van der Waals surface area contributed by atoms with Crippen molar-refractivity contribution in [3.05, 3.63) is 93.0 Å². The summed E-state index contributed by atoms with van der Waals surface area (Å²) in [6.07, 6.45) is 4.47. The van der Waals surface area contributed by atoms with Gasteiger partial charge in [-0.15, -0.1) is 0 Å². The van der Waals surface area contributed by atoms with E-state index < -0.39 is 23.7 Å². The minimum absolute atomic E-state index is 0.0682. The molecule has 2 amide bonds. The summed E-state index contributed by atoms with van der Waals surface area (Å²) in [5.41, 5.74) is 2.91. The molecule has 1 heterocycles. The van der Waals surface area contributed by atoms with Crippen molar-refractivity contribution >= 4 is 39.3 Å². The van der Waals surface area contributed by atoms with E-state index in [1.807, 2.05) is 43.3 Å². The highest BCUT2D eigenvalue weighted by Crippen LogP contribution is 2.56. The number of benzene rings is 2. The number of amides is 2. The van der Waals surface area contributed by atoms with Gasteiger partial charge in [0.1, 0.15) is 18.1 Å². The van der Waals surface area contributed by atoms with E-state index in [1.165, 1.54) is 17.0 Å². The van der Waals surface area contributed by atoms with E-state index >= 15 is 0 Å². The largest absolute Gasteiger partial charge is 0.507 e. The monoisotopic (exact) mass is 601 g/mol. The normalized spacial score (nSPS) is 25.8. The Morgan fingerprint density at radius 2 is 1.80 bits per heavy atom. The average molecular weight is 602 g/mol. The maximum Gasteiger partial charge on any atom is 0.233 e. The lowest BCUT2D eigenvalue weighted by atomic mass is 9.59. The highest BCUT2D eigenvalue weighted by Gasteiger charge is 2.56. The van der Waals surface area contributed by atoms with Gasteiger partial charge in [0, 0.05) is 41.3 Å². The summed E-state index contributed by atoms with van der Waals surface area (Å²) in [5.74, 6) is -2.81. The summed E-state index contributed by atoms with van der Waals surface area (Å²) in [6.45, 7) is 2.61. The van der Waals surface area contributed by atoms with Gasteiger partial charge in [0.15, 0.2) is 11.6 Å². The van der Waals surface area contributed by atoms with Gasteiger partial charge in [-0.05, 0) is 52.7 Å². The van der Waals surface area contributed by atoms with Crippen LogP contribution in [-0.4, -0.2) is 39.9 Å². The summed E-state index contributed by atoms with van der Waals surface area (Å²) in [7, 11) is 0. The van der Waals surface area contributed by atoms with Gasteiger partial charge in [0.2, 0.25) is 11.8 Å². The molecule has 3 aliphatic carbocycles. The molecule has 40 heavy (non-hydrogen) atoms. The fourth-order valence-corrected chi connectivity index (χ4v) is 7.12. The number of phenols is 1. The van der Waals surface area contributed by atoms with E-state index in [2.05, 4.69) is 15.9 Å². The Hall–Kier alpha value is -3.78. The molecular weight excluding hydrogens is 574 g/mol. The van der Waals surface area contributed by atoms with Crippen LogP contribution >= 0.6 is 15.9 Å². The Morgan fingerprint density at radius 1 is 1.02 bits per heavy atom. The van der Waals surface area contributed by atoms with Crippen LogP contribution in [0, 0.1) is 17.8 Å². The summed E-state index contributed by atoms with van der Waals surface area (Å²) >= 11 is 3.24. The Balaban J connectivity index is 1.41. The van der Waals surface area contributed by atoms with Crippen molar-refractivity contribution in [2.24, 2.45) is 17.8 Å². The van der Waals surface area contributed by atoms with Crippen molar-refractivity contribution in [2.45, 2.75) is 38.7 Å². The van der Waals surface area contributed by atoms with Gasteiger partial charge in [0.25, 0.3) is 0 Å². The van der Waals surface area contributed by atoms with Crippen LogP contribution < -0.4 is 4.74 Å². The van der Waals surface area contributed by atoms with Crippen molar-refractivity contribution in [3.63, 3.8) is 0 Å². The molecular formula is C32H28BrNO6. The van der Waals surface area contributed by atoms with Gasteiger partial charge >= 0.3 is 0 Å². The number of carbonyl (C=O) groups is 4. The van der Waals surface area contributed by atoms with Crippen LogP contribution in [0.4, 0.5) is 0 Å². The van der Waals surface area contributed by atoms with Crippen LogP contribution in [0.3, 0.4) is 0 Å². The minimum atomic E-state index is -0.714. The molecule has 1 saturated heterocycles. The van der Waals surface area contributed by atoms with Crippen LogP contribution in [0.15, 0.2) is 81.9 Å². The fourth-order valence-electron chi connectivity index (χ4n) is 6.67. The topological polar surface area (TPSA) is 101 Å². The van der Waals surface area contributed by atoms with E-state index in [-0.39, 0.29) is 40.0 Å². The van der Waals surface area contributed by atoms with Crippen LogP contribution in [0.5, 0.6) is 11.5 Å². The fraction of sp³-hybridized carbons (Fsp3) is 0.312. The second kappa shape index (κ2) is 10.3. The maximum atomic E-state index is 13.5. The molecule has 0 saturated carbocycles. The first-order chi connectivity index (χ1) is 19.3. The molecule has 0 unspecified atom stereocenters. The maximum absolute atomic E-state index is 13.5. The van der Waals surface area contributed by atoms with Gasteiger partial charge in [-0.1, -0.05) is 55.0 Å². The predicted molar refractivity (Wildman–Crippen MR) is 150 cm³/mol. The molecule has 8 heteroatoms. The number of Topliss-reactive ketones (excluding diaryl/α,β-unsaturated/α-hetero) is 1. The number of allylic oxidation sites excluding steroid dienone is 6. The third-order valence-electron chi connectivity index (χ3n) is 8.43. The predicted octanol–water partition coefficient (Wildman–Crippen LogP) is 5.14. The van der Waals surface area contributed by atoms with E-state index in [9.17, 15) is 24.3 Å². The minimum Gasteiger partial charge on any atom is -0.507 e. The van der Waals surface area contributed by atoms with Crippen LogP contribution in [0.2, 0.25) is 0 Å². The molecule has 0 aromatic heterocycles. The van der Waals surface area contributed by atoms with Crippen molar-refractivity contribution in [1.29, 1.82) is 0 Å². The van der Waals surface area contributed by atoms with Crippen LogP contribution in [0.25, 0.3) is 0 Å². The van der Waals surface area contributed by atoms with Gasteiger partial charge in [0.05, 0.1) is 16.3 Å². The second-order valence-corrected chi connectivity index (χ2v) is 11.6. The number of likely N-dealkylation sites (tertiary alicyclic amines) is 1. The lowest BCUT2D eigenvalue weighted by Crippen LogP contribution is -2.39. The molecule has 4 atom stereocenters. The first-order valence-electron chi connectivity index (χ1n) is 13.5. The zero-order chi connectivity index (χ0) is 28.1. The van der Waals surface area contributed by atoms with Crippen LogP contribution in [0.1, 0.15) is 43.2 Å². The van der Waals surface area contributed by atoms with Gasteiger partial charge in [-0.3, -0.25) is 24.1 Å². The number of hydrogen-bond acceptors (Lipinski definition) is 6. The molecule has 1 N–H and O–H groups in total. The molecule has 0 radical (unpaired) electrons. The number of hydrogen-bond donors (Lipinski definition) is 1. The molecule has 204 valence electrons. The van der Waals surface area contributed by atoms with Crippen molar-refractivity contribution < 1.29 is 29.0 Å². The third-order valence-corrected chi connectivity index (χ3v) is 9.02. The lowest BCUT2D eigenvalue weighted by Gasteiger charge is -2.42. The zero-order valence-corrected chi connectivity index (χ0v) is 23.5. The van der Waals surface area contributed by atoms with E-state index in [0.717, 1.165) is 11.1 Å². The van der Waals surface area contributed by atoms with E-state index in [4.69, 9.17) is 4.74 Å². The molecule has 2 aromatic carbocycles. The lowest BCUT2D eigenvalue weighted by molar-refractivity contribution is -0.140. The number of rotatable bonds is 6. The molecule has 0 spiro atoms. The summed E-state index contributed by atoms with van der Waals surface area (Å²) in [4.78, 5) is 54.7. The van der Waals surface area contributed by atoms with Gasteiger partial charge in [-0.25, -0.2) is 0 Å². The number of halogens is 1. The van der Waals surface area contributed by atoms with Crippen molar-refractivity contribution in [1.82, 2.24) is 4.90 Å². The number of imide groups is 1. The molecule has 1 fully saturated rings. The highest BCUT2D eigenvalue weighted by atomic mass is 79.9. The summed E-state index contributed by atoms with van der Waals surface area (Å²) < 4.78 is 6.06. The first-order valence-corrected chi connectivity index (χ1v) is 14.3. The smallest absolute Gasteiger partial charge is 0.233 e. The number of phenolic OH excluding ortho intramolecular Hbond substituents is 1. The summed E-state index contributed by atoms with van der Waals surface area (Å²) in [5, 5.41) is 11.2. The number of ether oxygens (including phenoxy) is 1. The molecule has 1 aliphatic heterocycles. The Morgan fingerprint density at radius 3 is 2.52 bits per heavy atom. The number of fused-ring (bicyclic) bond motifs is 3. The number of nitrogens with zero attached hydrogens (tertiary/aromatic N) is 1. The number of carbonyl (C=O) groups excluding carboxylic acids is 4. The molecule has 2 aromatic rings.